The maximum atomic E-state index is 9.45. The van der Waals surface area contributed by atoms with E-state index in [1.807, 2.05) is 37.3 Å². The lowest BCUT2D eigenvalue weighted by atomic mass is 10.1. The van der Waals surface area contributed by atoms with Gasteiger partial charge in [0.2, 0.25) is 0 Å². The Morgan fingerprint density at radius 1 is 1.41 bits per heavy atom. The number of hydrogen-bond acceptors (Lipinski definition) is 5. The summed E-state index contributed by atoms with van der Waals surface area (Å²) in [6, 6.07) is 11.9. The molecule has 1 aromatic heterocycles. The van der Waals surface area contributed by atoms with Gasteiger partial charge in [0.1, 0.15) is 17.5 Å². The molecule has 27 heavy (non-hydrogen) atoms. The first-order valence-electron chi connectivity index (χ1n) is 8.89. The number of nitrogen functional groups attached to an aromatic ring is 1. The van der Waals surface area contributed by atoms with Crippen LogP contribution in [0.15, 0.2) is 35.3 Å². The van der Waals surface area contributed by atoms with Crippen molar-refractivity contribution in [3.63, 3.8) is 0 Å². The van der Waals surface area contributed by atoms with Gasteiger partial charge in [0.25, 0.3) is 0 Å². The van der Waals surface area contributed by atoms with Crippen molar-refractivity contribution in [2.24, 2.45) is 4.99 Å². The molecule has 144 valence electrons. The van der Waals surface area contributed by atoms with Crippen molar-refractivity contribution in [2.45, 2.75) is 25.8 Å². The van der Waals surface area contributed by atoms with Crippen LogP contribution in [0.2, 0.25) is 0 Å². The molecule has 2 rings (SSSR count). The summed E-state index contributed by atoms with van der Waals surface area (Å²) in [6.45, 7) is 3.32. The van der Waals surface area contributed by atoms with Crippen LogP contribution in [0.1, 0.15) is 24.6 Å². The van der Waals surface area contributed by atoms with E-state index < -0.39 is 0 Å². The molecule has 0 aliphatic heterocycles. The summed E-state index contributed by atoms with van der Waals surface area (Å²) in [5.41, 5.74) is 8.11. The van der Waals surface area contributed by atoms with Crippen molar-refractivity contribution in [1.29, 1.82) is 5.26 Å². The van der Waals surface area contributed by atoms with Gasteiger partial charge in [0.05, 0.1) is 18.0 Å². The SMILES string of the molecule is CN=C(NCCCc1nn(-c2ccccc2)c(N)c1C#N)NC(C)COC. The summed E-state index contributed by atoms with van der Waals surface area (Å²) >= 11 is 0. The first kappa shape index (κ1) is 20.3. The molecular weight excluding hydrogens is 342 g/mol. The summed E-state index contributed by atoms with van der Waals surface area (Å²) in [5.74, 6) is 1.09. The highest BCUT2D eigenvalue weighted by Crippen LogP contribution is 2.21. The monoisotopic (exact) mass is 369 g/mol. The van der Waals surface area contributed by atoms with Gasteiger partial charge in [-0.25, -0.2) is 4.68 Å². The van der Waals surface area contributed by atoms with E-state index in [9.17, 15) is 5.26 Å². The second-order valence-corrected chi connectivity index (χ2v) is 6.17. The third-order valence-corrected chi connectivity index (χ3v) is 4.01. The topological polar surface area (TPSA) is 113 Å². The van der Waals surface area contributed by atoms with Crippen molar-refractivity contribution in [2.75, 3.05) is 33.0 Å². The Bertz CT molecular complexity index is 792. The molecule has 1 unspecified atom stereocenters. The van der Waals surface area contributed by atoms with Gasteiger partial charge in [-0.15, -0.1) is 0 Å². The maximum Gasteiger partial charge on any atom is 0.191 e. The van der Waals surface area contributed by atoms with Crippen LogP contribution in [-0.2, 0) is 11.2 Å². The van der Waals surface area contributed by atoms with Gasteiger partial charge in [-0.1, -0.05) is 18.2 Å². The lowest BCUT2D eigenvalue weighted by Gasteiger charge is -2.17. The minimum absolute atomic E-state index is 0.160. The normalized spacial score (nSPS) is 12.4. The Labute approximate surface area is 160 Å². The Balaban J connectivity index is 1.95. The number of aromatic nitrogens is 2. The molecule has 0 amide bonds. The number of methoxy groups -OCH3 is 1. The average molecular weight is 369 g/mol. The minimum Gasteiger partial charge on any atom is -0.383 e. The van der Waals surface area contributed by atoms with Gasteiger partial charge in [0.15, 0.2) is 5.96 Å². The number of rotatable bonds is 8. The van der Waals surface area contributed by atoms with Crippen LogP contribution in [0.4, 0.5) is 5.82 Å². The molecule has 0 aliphatic rings. The van der Waals surface area contributed by atoms with Gasteiger partial charge < -0.3 is 21.1 Å². The quantitative estimate of drug-likeness (QED) is 0.369. The zero-order valence-corrected chi connectivity index (χ0v) is 16.1. The van der Waals surface area contributed by atoms with Crippen LogP contribution in [0.3, 0.4) is 0 Å². The van der Waals surface area contributed by atoms with Gasteiger partial charge in [-0.05, 0) is 31.9 Å². The van der Waals surface area contributed by atoms with Crippen LogP contribution in [0.5, 0.6) is 0 Å². The lowest BCUT2D eigenvalue weighted by Crippen LogP contribution is -2.44. The summed E-state index contributed by atoms with van der Waals surface area (Å²) < 4.78 is 6.73. The number of hydrogen-bond donors (Lipinski definition) is 3. The molecule has 0 aliphatic carbocycles. The van der Waals surface area contributed by atoms with Crippen LogP contribution < -0.4 is 16.4 Å². The summed E-state index contributed by atoms with van der Waals surface area (Å²) in [7, 11) is 3.40. The zero-order valence-electron chi connectivity index (χ0n) is 16.1. The predicted octanol–water partition coefficient (Wildman–Crippen LogP) is 1.46. The molecule has 8 nitrogen and oxygen atoms in total. The number of ether oxygens (including phenoxy) is 1. The number of benzene rings is 1. The first-order valence-corrected chi connectivity index (χ1v) is 8.89. The first-order chi connectivity index (χ1) is 13.1. The van der Waals surface area contributed by atoms with Crippen LogP contribution in [0.25, 0.3) is 5.69 Å². The van der Waals surface area contributed by atoms with Gasteiger partial charge in [-0.2, -0.15) is 10.4 Å². The summed E-state index contributed by atoms with van der Waals surface area (Å²) in [6.07, 6.45) is 1.43. The third-order valence-electron chi connectivity index (χ3n) is 4.01. The zero-order chi connectivity index (χ0) is 19.6. The molecular formula is C19H27N7O. The number of nitrogens with zero attached hydrogens (tertiary/aromatic N) is 4. The van der Waals surface area contributed by atoms with E-state index in [0.29, 0.717) is 36.6 Å². The highest BCUT2D eigenvalue weighted by molar-refractivity contribution is 5.79. The Morgan fingerprint density at radius 3 is 2.78 bits per heavy atom. The molecule has 1 heterocycles. The van der Waals surface area contributed by atoms with Crippen molar-refractivity contribution in [3.8, 4) is 11.8 Å². The van der Waals surface area contributed by atoms with Crippen LogP contribution in [0, 0.1) is 11.3 Å². The molecule has 0 radical (unpaired) electrons. The number of aliphatic imine (C=N–C) groups is 1. The number of nitrogens with two attached hydrogens (primary N) is 1. The average Bonchev–Trinajstić information content (AvgIpc) is 3.00. The van der Waals surface area contributed by atoms with Crippen LogP contribution >= 0.6 is 0 Å². The lowest BCUT2D eigenvalue weighted by molar-refractivity contribution is 0.179. The molecule has 2 aromatic rings. The molecule has 0 fully saturated rings. The molecule has 0 spiro atoms. The van der Waals surface area contributed by atoms with E-state index in [0.717, 1.165) is 18.1 Å². The maximum absolute atomic E-state index is 9.45. The number of nitriles is 1. The second kappa shape index (κ2) is 10.2. The Kier molecular flexibility index (Phi) is 7.64. The van der Waals surface area contributed by atoms with E-state index >= 15 is 0 Å². The smallest absolute Gasteiger partial charge is 0.191 e. The molecule has 1 atom stereocenters. The highest BCUT2D eigenvalue weighted by atomic mass is 16.5. The molecule has 4 N–H and O–H groups in total. The van der Waals surface area contributed by atoms with Crippen molar-refractivity contribution in [3.05, 3.63) is 41.6 Å². The molecule has 0 bridgehead atoms. The van der Waals surface area contributed by atoms with E-state index in [-0.39, 0.29) is 6.04 Å². The standard InChI is InChI=1S/C19H27N7O/c1-14(13-27-3)24-19(22-2)23-11-7-10-17-16(12-20)18(21)26(25-17)15-8-5-4-6-9-15/h4-6,8-9,14H,7,10-11,13,21H2,1-3H3,(H2,22,23,24). The van der Waals surface area contributed by atoms with Crippen molar-refractivity contribution < 1.29 is 4.74 Å². The van der Waals surface area contributed by atoms with E-state index in [2.05, 4.69) is 26.8 Å². The number of nitrogens with one attached hydrogen (secondary N) is 2. The molecule has 1 aromatic carbocycles. The van der Waals surface area contributed by atoms with Crippen LogP contribution in [-0.4, -0.2) is 49.1 Å². The largest absolute Gasteiger partial charge is 0.383 e. The van der Waals surface area contributed by atoms with Gasteiger partial charge in [0, 0.05) is 26.7 Å². The molecule has 0 saturated carbocycles. The minimum atomic E-state index is 0.160. The van der Waals surface area contributed by atoms with E-state index in [1.54, 1.807) is 18.8 Å². The van der Waals surface area contributed by atoms with E-state index in [1.165, 1.54) is 0 Å². The Hall–Kier alpha value is -3.05. The second-order valence-electron chi connectivity index (χ2n) is 6.17. The summed E-state index contributed by atoms with van der Waals surface area (Å²) in [4.78, 5) is 4.19. The van der Waals surface area contributed by atoms with Crippen molar-refractivity contribution in [1.82, 2.24) is 20.4 Å². The van der Waals surface area contributed by atoms with Crippen molar-refractivity contribution >= 4 is 11.8 Å². The molecule has 0 saturated heterocycles. The number of para-hydroxylation sites is 1. The van der Waals surface area contributed by atoms with Gasteiger partial charge in [-0.3, -0.25) is 4.99 Å². The highest BCUT2D eigenvalue weighted by Gasteiger charge is 2.16. The number of guanidine groups is 1. The summed E-state index contributed by atoms with van der Waals surface area (Å²) in [5, 5.41) is 20.5. The number of anilines is 1. The fourth-order valence-corrected chi connectivity index (χ4v) is 2.72. The Morgan fingerprint density at radius 2 is 2.15 bits per heavy atom. The fourth-order valence-electron chi connectivity index (χ4n) is 2.72. The van der Waals surface area contributed by atoms with E-state index in [4.69, 9.17) is 10.5 Å². The predicted molar refractivity (Wildman–Crippen MR) is 107 cm³/mol. The third kappa shape index (κ3) is 5.46. The number of aryl methyl sites for hydroxylation is 1. The fraction of sp³-hybridized carbons (Fsp3) is 0.421. The van der Waals surface area contributed by atoms with Gasteiger partial charge >= 0.3 is 0 Å². The molecule has 8 heteroatoms.